The number of fused-ring (bicyclic) bond motifs is 4. The van der Waals surface area contributed by atoms with E-state index in [4.69, 9.17) is 42.1 Å². The van der Waals surface area contributed by atoms with E-state index in [0.29, 0.717) is 71.4 Å². The van der Waals surface area contributed by atoms with Crippen molar-refractivity contribution in [1.29, 1.82) is 0 Å². The zero-order chi connectivity index (χ0) is 92.7. The van der Waals surface area contributed by atoms with E-state index in [-0.39, 0.29) is 68.2 Å². The van der Waals surface area contributed by atoms with Crippen molar-refractivity contribution < 1.29 is 55.2 Å². The number of amides is 2. The van der Waals surface area contributed by atoms with E-state index >= 15 is 0 Å². The molecule has 10 heterocycles. The number of nitrogens with zero attached hydrogens (tertiary/aromatic N) is 11. The van der Waals surface area contributed by atoms with E-state index in [0.717, 1.165) is 207 Å². The second kappa shape index (κ2) is 38.5. The van der Waals surface area contributed by atoms with Crippen LogP contribution in [0.2, 0.25) is 10.0 Å². The monoisotopic (exact) mass is 1870 g/mol. The number of piperazine rings is 3. The van der Waals surface area contributed by atoms with Gasteiger partial charge in [-0.15, -0.1) is 0 Å². The third-order valence-corrected chi connectivity index (χ3v) is 30.6. The molecule has 132 heavy (non-hydrogen) atoms. The molecule has 8 aliphatic rings. The van der Waals surface area contributed by atoms with Crippen molar-refractivity contribution in [1.82, 2.24) is 53.9 Å². The molecule has 0 unspecified atom stereocenters. The predicted octanol–water partition coefficient (Wildman–Crippen LogP) is 17.5. The number of H-pyrrole nitrogens is 2. The van der Waals surface area contributed by atoms with Gasteiger partial charge in [0, 0.05) is 185 Å². The number of halogens is 2. The van der Waals surface area contributed by atoms with E-state index in [1.54, 1.807) is 60.9 Å². The van der Waals surface area contributed by atoms with Crippen molar-refractivity contribution in [2.45, 2.75) is 129 Å². The average Bonchev–Trinajstić information content (AvgIpc) is 0.919. The number of ether oxygens (including phenoxy) is 4. The molecule has 0 saturated carbocycles. The Kier molecular flexibility index (Phi) is 27.1. The fraction of sp³-hybridized carbons (Fsp3) is 0.434. The molecule has 4 saturated heterocycles. The summed E-state index contributed by atoms with van der Waals surface area (Å²) in [5.74, 6) is -0.603. The first-order valence-corrected chi connectivity index (χ1v) is 49.3. The molecule has 0 bridgehead atoms. The molecule has 33 heteroatoms. The van der Waals surface area contributed by atoms with Crippen molar-refractivity contribution in [3.8, 4) is 34.5 Å². The summed E-state index contributed by atoms with van der Waals surface area (Å²) in [5, 5.41) is 27.9. The van der Waals surface area contributed by atoms with E-state index in [2.05, 4.69) is 143 Å². The first-order chi connectivity index (χ1) is 63.0. The molecule has 10 aromatic rings. The maximum Gasteiger partial charge on any atom is 0.277 e. The van der Waals surface area contributed by atoms with Gasteiger partial charge < -0.3 is 53.4 Å². The van der Waals surface area contributed by atoms with Crippen LogP contribution < -0.4 is 38.2 Å². The number of nitrogens with one attached hydrogen (secondary N) is 4. The van der Waals surface area contributed by atoms with Gasteiger partial charge in [0.25, 0.3) is 43.2 Å². The number of carbonyl (C=O) groups excluding carboxylic acids is 2. The van der Waals surface area contributed by atoms with Crippen molar-refractivity contribution in [2.24, 2.45) is 28.1 Å². The van der Waals surface area contributed by atoms with Crippen LogP contribution >= 0.6 is 23.2 Å². The number of allylic oxidation sites excluding steroid dienone is 2. The summed E-state index contributed by atoms with van der Waals surface area (Å²) in [4.78, 5) is 82.5. The van der Waals surface area contributed by atoms with Crippen molar-refractivity contribution >= 4 is 111 Å². The number of rotatable bonds is 26. The highest BCUT2D eigenvalue weighted by atomic mass is 35.5. The Morgan fingerprint density at radius 1 is 0.530 bits per heavy atom. The van der Waals surface area contributed by atoms with Crippen LogP contribution in [-0.2, 0) is 32.9 Å². The number of likely N-dealkylation sites (N-methyl/N-ethyl adjacent to an activating group) is 1. The number of hydrogen-bond donors (Lipinski definition) is 4. The number of sulfonamides is 2. The van der Waals surface area contributed by atoms with Crippen LogP contribution in [0.15, 0.2) is 179 Å². The fourth-order valence-electron chi connectivity index (χ4n) is 19.8. The number of nitro benzene ring substituents is 2. The van der Waals surface area contributed by atoms with Gasteiger partial charge in [0.2, 0.25) is 0 Å². The van der Waals surface area contributed by atoms with Crippen LogP contribution in [-0.4, -0.2) is 220 Å². The van der Waals surface area contributed by atoms with Gasteiger partial charge in [-0.05, 0) is 214 Å². The van der Waals surface area contributed by atoms with Gasteiger partial charge in [-0.1, -0.05) is 100 Å². The van der Waals surface area contributed by atoms with Crippen LogP contribution in [0.5, 0.6) is 34.5 Å². The van der Waals surface area contributed by atoms with Gasteiger partial charge in [-0.25, -0.2) is 36.2 Å². The minimum absolute atomic E-state index is 0.0303. The molecule has 6 aliphatic heterocycles. The average molecular weight is 1870 g/mol. The molecule has 29 nitrogen and oxygen atoms in total. The third kappa shape index (κ3) is 21.8. The maximum absolute atomic E-state index is 14.1. The zero-order valence-electron chi connectivity index (χ0n) is 76.0. The fourth-order valence-corrected chi connectivity index (χ4v) is 22.1. The van der Waals surface area contributed by atoms with Crippen LogP contribution in [0.4, 0.5) is 22.7 Å². The highest BCUT2D eigenvalue weighted by Crippen LogP contribution is 2.48. The standard InChI is InChI=1S/C50H59ClN8O7S.C49H56ClN7O7S/c1-33-30-56(18-17-55(33)4)16-13-34-23-43-45(59(61)62)26-41(27-46(43)65-32-34)67(63,64)54-49(60)42-10-9-39(25-47(42)66-40-24-36-12-15-52-48(36)53-29-40)58-21-19-57(20-22-58)31-37-11-14-50(2,3)28-44(37)35-5-7-38(51)8-6-35;1-48(2)14-11-35(42(26-48)33-5-7-36(50)8-6-33)28-54-17-19-56(20-18-54)37-9-10-40(45(23-37)64-38-22-34-12-15-51-46(34)52-27-38)47(58)53-65(61,62)39-24-43(57(59)60)41-21-32(29-63-44(41)25-39)13-16-55-30-49(3,4)31-55/h5-10,12,15,24-27,29,33-34H,11,13-14,16-23,28,30-32H2,1-4H3,(H,52,53)(H,54,60);5-10,12,15,22-25,27,32H,11,13-14,16-21,26,28-31H2,1-4H3,(H,51,52)(H,53,58)/t33-,34+;32-/m10/s1. The molecular weight excluding hydrogens is 1760 g/mol. The quantitative estimate of drug-likeness (QED) is 0.0289. The Morgan fingerprint density at radius 2 is 0.947 bits per heavy atom. The lowest BCUT2D eigenvalue weighted by Crippen LogP contribution is -2.53. The molecule has 0 radical (unpaired) electrons. The number of pyridine rings is 2. The number of benzene rings is 6. The second-order valence-electron chi connectivity index (χ2n) is 39.2. The summed E-state index contributed by atoms with van der Waals surface area (Å²) >= 11 is 12.5. The Bertz CT molecular complexity index is 6340. The molecule has 2 aliphatic carbocycles. The molecule has 696 valence electrons. The lowest BCUT2D eigenvalue weighted by atomic mass is 9.72. The predicted molar refractivity (Wildman–Crippen MR) is 513 cm³/mol. The van der Waals surface area contributed by atoms with Crippen LogP contribution in [0.1, 0.15) is 143 Å². The Balaban J connectivity index is 0.000000184. The number of aromatic nitrogens is 4. The third-order valence-electron chi connectivity index (χ3n) is 27.5. The lowest BCUT2D eigenvalue weighted by molar-refractivity contribution is -0.386. The Morgan fingerprint density at radius 3 is 1.36 bits per heavy atom. The highest BCUT2D eigenvalue weighted by molar-refractivity contribution is 7.90. The summed E-state index contributed by atoms with van der Waals surface area (Å²) in [7, 11) is -7.12. The van der Waals surface area contributed by atoms with Gasteiger partial charge in [0.1, 0.15) is 45.8 Å². The van der Waals surface area contributed by atoms with Crippen molar-refractivity contribution in [3.63, 3.8) is 0 Å². The minimum Gasteiger partial charge on any atom is -0.493 e. The maximum atomic E-state index is 14.1. The summed E-state index contributed by atoms with van der Waals surface area (Å²) < 4.78 is 84.9. The first kappa shape index (κ1) is 92.8. The molecule has 0 spiro atoms. The number of hydrogen-bond acceptors (Lipinski definition) is 23. The van der Waals surface area contributed by atoms with Gasteiger partial charge >= 0.3 is 0 Å². The topological polar surface area (TPSA) is 330 Å². The molecular formula is C99H115Cl2N15O14S2. The van der Waals surface area contributed by atoms with Gasteiger partial charge in [-0.3, -0.25) is 39.6 Å². The van der Waals surface area contributed by atoms with E-state index in [9.17, 15) is 46.7 Å². The second-order valence-corrected chi connectivity index (χ2v) is 43.4. The highest BCUT2D eigenvalue weighted by Gasteiger charge is 2.40. The zero-order valence-corrected chi connectivity index (χ0v) is 79.1. The molecule has 4 N–H and O–H groups in total. The molecule has 18 rings (SSSR count). The SMILES string of the molecule is CC1(C)CCC(CN2CCN(c3ccc(C(=O)NS(=O)(=O)c4cc5c(c([N+](=O)[O-])c4)C[C@H](CCN4CC(C)(C)C4)CO5)c(Oc4cnc5[nH]ccc5c4)c3)CC2)=C(c2ccc(Cl)cc2)C1.C[C@@H]1CN(CC[C@@H]2COc3cc(S(=O)(=O)NC(=O)c4ccc(N5CCN(CC6=C(c7ccc(Cl)cc7)CC(C)(C)CC6)CC5)cc4Oc4cnc5[nH]ccc5c4)cc([N+](=O)[O-])c3C2)CCN1C. The normalized spacial score (nSPS) is 20.3. The molecule has 2 amide bonds. The molecule has 4 fully saturated rings. The van der Waals surface area contributed by atoms with Crippen LogP contribution in [0.3, 0.4) is 0 Å². The smallest absolute Gasteiger partial charge is 0.277 e. The molecule has 6 aromatic carbocycles. The lowest BCUT2D eigenvalue weighted by Gasteiger charge is -2.46. The number of aromatic amines is 2. The van der Waals surface area contributed by atoms with Crippen LogP contribution in [0, 0.1) is 48.3 Å². The van der Waals surface area contributed by atoms with E-state index in [1.165, 1.54) is 57.9 Å². The first-order valence-electron chi connectivity index (χ1n) is 45.6. The summed E-state index contributed by atoms with van der Waals surface area (Å²) in [5.41, 5.74) is 11.8. The Labute approximate surface area is 780 Å². The summed E-state index contributed by atoms with van der Waals surface area (Å²) in [6.07, 6.45) is 15.4. The summed E-state index contributed by atoms with van der Waals surface area (Å²) in [6, 6.07) is 38.9. The number of anilines is 2. The number of nitro groups is 2. The number of carbonyl (C=O) groups is 2. The number of likely N-dealkylation sites (tertiary alicyclic amines) is 1. The van der Waals surface area contributed by atoms with E-state index < -0.39 is 51.5 Å². The summed E-state index contributed by atoms with van der Waals surface area (Å²) in [6.45, 7) is 31.2. The van der Waals surface area contributed by atoms with Crippen LogP contribution in [0.25, 0.3) is 33.2 Å². The van der Waals surface area contributed by atoms with E-state index in [1.807, 2.05) is 36.4 Å². The van der Waals surface area contributed by atoms with Gasteiger partial charge in [0.05, 0.1) is 67.5 Å². The largest absolute Gasteiger partial charge is 0.493 e. The van der Waals surface area contributed by atoms with Crippen molar-refractivity contribution in [2.75, 3.05) is 141 Å². The minimum atomic E-state index is -4.63. The Hall–Kier alpha value is -11.0. The molecule has 4 aromatic heterocycles. The molecule has 3 atom stereocenters. The van der Waals surface area contributed by atoms with Gasteiger partial charge in [0.15, 0.2) is 0 Å². The van der Waals surface area contributed by atoms with Crippen molar-refractivity contribution in [3.05, 3.63) is 233 Å². The van der Waals surface area contributed by atoms with Gasteiger partial charge in [-0.2, -0.15) is 0 Å².